The molecule has 0 bridgehead atoms. The Balaban J connectivity index is 2.46. The molecule has 1 nitrogen and oxygen atoms in total. The van der Waals surface area contributed by atoms with Crippen molar-refractivity contribution in [1.82, 2.24) is 0 Å². The van der Waals surface area contributed by atoms with Crippen LogP contribution >= 0.6 is 35.1 Å². The molecule has 1 aliphatic carbocycles. The van der Waals surface area contributed by atoms with Crippen LogP contribution in [0.2, 0.25) is 5.02 Å². The van der Waals surface area contributed by atoms with Crippen molar-refractivity contribution in [2.75, 3.05) is 19.1 Å². The first kappa shape index (κ1) is 13.6. The van der Waals surface area contributed by atoms with Gasteiger partial charge in [0.05, 0.1) is 5.02 Å². The van der Waals surface area contributed by atoms with Crippen molar-refractivity contribution < 1.29 is 0 Å². The van der Waals surface area contributed by atoms with E-state index in [1.165, 1.54) is 34.6 Å². The van der Waals surface area contributed by atoms with Crippen LogP contribution in [-0.4, -0.2) is 19.1 Å². The molecule has 0 aliphatic heterocycles. The Morgan fingerprint density at radius 1 is 1.29 bits per heavy atom. The normalized spacial score (nSPS) is 17.9. The number of halogens is 1. The lowest BCUT2D eigenvalue weighted by atomic mass is 9.64. The number of thioether (sulfide) groups is 2. The van der Waals surface area contributed by atoms with Crippen molar-refractivity contribution in [3.05, 3.63) is 22.7 Å². The molecule has 0 saturated heterocycles. The monoisotopic (exact) mass is 287 g/mol. The molecule has 2 N–H and O–H groups in total. The molecule has 1 aliphatic rings. The van der Waals surface area contributed by atoms with Gasteiger partial charge in [0.15, 0.2) is 0 Å². The molecule has 2 rings (SSSR count). The highest BCUT2D eigenvalue weighted by molar-refractivity contribution is 8.01. The van der Waals surface area contributed by atoms with Gasteiger partial charge in [0.2, 0.25) is 0 Å². The third kappa shape index (κ3) is 2.35. The van der Waals surface area contributed by atoms with Crippen LogP contribution in [0, 0.1) is 0 Å². The van der Waals surface area contributed by atoms with Gasteiger partial charge in [0.1, 0.15) is 0 Å². The molecule has 1 fully saturated rings. The van der Waals surface area contributed by atoms with Crippen LogP contribution in [0.5, 0.6) is 0 Å². The summed E-state index contributed by atoms with van der Waals surface area (Å²) < 4.78 is 0. The molecule has 17 heavy (non-hydrogen) atoms. The fraction of sp³-hybridized carbons (Fsp3) is 0.538. The van der Waals surface area contributed by atoms with E-state index in [9.17, 15) is 0 Å². The van der Waals surface area contributed by atoms with Gasteiger partial charge in [-0.1, -0.05) is 18.0 Å². The summed E-state index contributed by atoms with van der Waals surface area (Å²) in [6.07, 6.45) is 7.86. The van der Waals surface area contributed by atoms with Crippen LogP contribution in [-0.2, 0) is 5.41 Å². The fourth-order valence-corrected chi connectivity index (χ4v) is 4.50. The van der Waals surface area contributed by atoms with Crippen molar-refractivity contribution in [3.63, 3.8) is 0 Å². The second-order valence-electron chi connectivity index (χ2n) is 4.53. The Morgan fingerprint density at radius 2 is 2.00 bits per heavy atom. The van der Waals surface area contributed by atoms with Crippen molar-refractivity contribution in [1.29, 1.82) is 0 Å². The first-order valence-electron chi connectivity index (χ1n) is 5.79. The lowest BCUT2D eigenvalue weighted by Gasteiger charge is -2.42. The van der Waals surface area contributed by atoms with Crippen LogP contribution in [0.15, 0.2) is 21.9 Å². The summed E-state index contributed by atoms with van der Waals surface area (Å²) in [6.45, 7) is 0.732. The zero-order chi connectivity index (χ0) is 12.5. The summed E-state index contributed by atoms with van der Waals surface area (Å²) in [4.78, 5) is 2.47. The molecule has 0 radical (unpaired) electrons. The Morgan fingerprint density at radius 3 is 2.41 bits per heavy atom. The molecule has 0 atom stereocenters. The first-order valence-corrected chi connectivity index (χ1v) is 8.61. The summed E-state index contributed by atoms with van der Waals surface area (Å²) in [7, 11) is 0. The van der Waals surface area contributed by atoms with Crippen LogP contribution in [0.25, 0.3) is 0 Å². The number of hydrogen-bond donors (Lipinski definition) is 1. The van der Waals surface area contributed by atoms with E-state index >= 15 is 0 Å². The van der Waals surface area contributed by atoms with E-state index in [4.69, 9.17) is 17.3 Å². The fourth-order valence-electron chi connectivity index (χ4n) is 2.44. The molecule has 1 aromatic rings. The van der Waals surface area contributed by atoms with E-state index in [-0.39, 0.29) is 5.41 Å². The zero-order valence-corrected chi connectivity index (χ0v) is 12.6. The predicted octanol–water partition coefficient (Wildman–Crippen LogP) is 4.16. The molecule has 0 amide bonds. The first-order chi connectivity index (χ1) is 8.16. The molecule has 4 heteroatoms. The van der Waals surface area contributed by atoms with E-state index in [2.05, 4.69) is 24.6 Å². The van der Waals surface area contributed by atoms with E-state index in [1.807, 2.05) is 0 Å². The minimum Gasteiger partial charge on any atom is -0.330 e. The maximum absolute atomic E-state index is 6.38. The molecule has 94 valence electrons. The average molecular weight is 288 g/mol. The minimum atomic E-state index is 0.199. The standard InChI is InChI=1S/C13H18ClNS2/c1-16-11-7-9(6-10(14)12(11)17-2)13(8-15)4-3-5-13/h6-7H,3-5,8,15H2,1-2H3. The van der Waals surface area contributed by atoms with E-state index < -0.39 is 0 Å². The van der Waals surface area contributed by atoms with Crippen LogP contribution in [0.4, 0.5) is 0 Å². The Labute approximate surface area is 117 Å². The third-order valence-electron chi connectivity index (χ3n) is 3.75. The number of hydrogen-bond acceptors (Lipinski definition) is 3. The number of benzene rings is 1. The summed E-state index contributed by atoms with van der Waals surface area (Å²) in [5.41, 5.74) is 7.49. The van der Waals surface area contributed by atoms with Crippen molar-refractivity contribution in [3.8, 4) is 0 Å². The quantitative estimate of drug-likeness (QED) is 0.842. The second kappa shape index (κ2) is 5.43. The molecular weight excluding hydrogens is 270 g/mol. The van der Waals surface area contributed by atoms with Gasteiger partial charge < -0.3 is 5.73 Å². The SMILES string of the molecule is CSc1cc(C2(CN)CCC2)cc(Cl)c1SC. The summed E-state index contributed by atoms with van der Waals surface area (Å²) >= 11 is 9.86. The smallest absolute Gasteiger partial charge is 0.0556 e. The molecule has 0 unspecified atom stereocenters. The highest BCUT2D eigenvalue weighted by atomic mass is 35.5. The van der Waals surface area contributed by atoms with Gasteiger partial charge >= 0.3 is 0 Å². The third-order valence-corrected chi connectivity index (χ3v) is 5.90. The summed E-state index contributed by atoms with van der Waals surface area (Å²) in [6, 6.07) is 4.41. The highest BCUT2D eigenvalue weighted by Gasteiger charge is 2.37. The number of rotatable bonds is 4. The van der Waals surface area contributed by atoms with E-state index in [0.29, 0.717) is 0 Å². The maximum atomic E-state index is 6.38. The predicted molar refractivity (Wildman–Crippen MR) is 79.6 cm³/mol. The Hall–Kier alpha value is 0.170. The van der Waals surface area contributed by atoms with Gasteiger partial charge in [-0.15, -0.1) is 23.5 Å². The minimum absolute atomic E-state index is 0.199. The van der Waals surface area contributed by atoms with Gasteiger partial charge in [0, 0.05) is 21.8 Å². The van der Waals surface area contributed by atoms with Crippen molar-refractivity contribution in [2.45, 2.75) is 34.5 Å². The summed E-state index contributed by atoms with van der Waals surface area (Å²) in [5, 5.41) is 0.874. The molecule has 1 saturated carbocycles. The van der Waals surface area contributed by atoms with Gasteiger partial charge in [-0.3, -0.25) is 0 Å². The topological polar surface area (TPSA) is 26.0 Å². The van der Waals surface area contributed by atoms with Crippen LogP contribution in [0.1, 0.15) is 24.8 Å². The molecular formula is C13H18ClNS2. The second-order valence-corrected chi connectivity index (χ2v) is 6.60. The average Bonchev–Trinajstić information content (AvgIpc) is 2.27. The van der Waals surface area contributed by atoms with Crippen LogP contribution in [0.3, 0.4) is 0 Å². The molecule has 1 aromatic carbocycles. The van der Waals surface area contributed by atoms with Gasteiger partial charge in [0.25, 0.3) is 0 Å². The van der Waals surface area contributed by atoms with Crippen LogP contribution < -0.4 is 5.73 Å². The largest absolute Gasteiger partial charge is 0.330 e. The van der Waals surface area contributed by atoms with Gasteiger partial charge in [-0.2, -0.15) is 0 Å². The van der Waals surface area contributed by atoms with Crippen molar-refractivity contribution in [2.24, 2.45) is 5.73 Å². The highest BCUT2D eigenvalue weighted by Crippen LogP contribution is 2.46. The molecule has 0 heterocycles. The van der Waals surface area contributed by atoms with Gasteiger partial charge in [-0.25, -0.2) is 0 Å². The summed E-state index contributed by atoms with van der Waals surface area (Å²) in [5.74, 6) is 0. The zero-order valence-electron chi connectivity index (χ0n) is 10.3. The van der Waals surface area contributed by atoms with E-state index in [0.717, 1.165) is 11.6 Å². The Kier molecular flexibility index (Phi) is 4.35. The van der Waals surface area contributed by atoms with Crippen molar-refractivity contribution >= 4 is 35.1 Å². The lowest BCUT2D eigenvalue weighted by molar-refractivity contribution is 0.252. The van der Waals surface area contributed by atoms with E-state index in [1.54, 1.807) is 23.5 Å². The van der Waals surface area contributed by atoms with Gasteiger partial charge in [-0.05, 0) is 43.0 Å². The molecule has 0 spiro atoms. The maximum Gasteiger partial charge on any atom is 0.0556 e. The molecule has 0 aromatic heterocycles. The Bertz CT molecular complexity index is 411. The lowest BCUT2D eigenvalue weighted by Crippen LogP contribution is -2.41. The number of nitrogens with two attached hydrogens (primary N) is 1.